The largest absolute Gasteiger partial charge is 0.352 e. The van der Waals surface area contributed by atoms with E-state index in [2.05, 4.69) is 23.0 Å². The topological polar surface area (TPSA) is 46.9 Å². The monoisotopic (exact) mass is 279 g/mol. The van der Waals surface area contributed by atoms with Crippen LogP contribution in [-0.2, 0) is 6.54 Å². The van der Waals surface area contributed by atoms with E-state index in [0.717, 1.165) is 6.42 Å². The molecule has 0 aliphatic rings. The second-order valence-corrected chi connectivity index (χ2v) is 4.56. The maximum absolute atomic E-state index is 13.4. The fourth-order valence-electron chi connectivity index (χ4n) is 1.66. The predicted octanol–water partition coefficient (Wildman–Crippen LogP) is 2.13. The Balaban J connectivity index is 1.82. The Morgan fingerprint density at radius 3 is 3.05 bits per heavy atom. The molecule has 4 nitrogen and oxygen atoms in total. The average Bonchev–Trinajstić information content (AvgIpc) is 2.90. The van der Waals surface area contributed by atoms with Crippen LogP contribution in [0.25, 0.3) is 0 Å². The van der Waals surface area contributed by atoms with Crippen LogP contribution in [0.4, 0.5) is 4.39 Å². The number of amides is 1. The molecule has 2 rings (SSSR count). The number of rotatable bonds is 5. The number of thiol groups is 1. The summed E-state index contributed by atoms with van der Waals surface area (Å²) in [5.41, 5.74) is 0.0200. The van der Waals surface area contributed by atoms with Gasteiger partial charge < -0.3 is 5.32 Å². The van der Waals surface area contributed by atoms with Gasteiger partial charge in [0, 0.05) is 30.4 Å². The highest BCUT2D eigenvalue weighted by molar-refractivity contribution is 7.80. The highest BCUT2D eigenvalue weighted by Crippen LogP contribution is 2.13. The predicted molar refractivity (Wildman–Crippen MR) is 72.8 cm³/mol. The lowest BCUT2D eigenvalue weighted by Crippen LogP contribution is -2.26. The van der Waals surface area contributed by atoms with Crippen molar-refractivity contribution in [1.29, 1.82) is 0 Å². The van der Waals surface area contributed by atoms with E-state index in [1.165, 1.54) is 18.2 Å². The van der Waals surface area contributed by atoms with E-state index in [0.29, 0.717) is 18.0 Å². The molecule has 1 amide bonds. The van der Waals surface area contributed by atoms with Gasteiger partial charge >= 0.3 is 0 Å². The van der Waals surface area contributed by atoms with Crippen molar-refractivity contribution < 1.29 is 9.18 Å². The van der Waals surface area contributed by atoms with Gasteiger partial charge in [-0.25, -0.2) is 4.39 Å². The Morgan fingerprint density at radius 1 is 1.47 bits per heavy atom. The number of benzene rings is 1. The van der Waals surface area contributed by atoms with Crippen molar-refractivity contribution >= 4 is 18.5 Å². The van der Waals surface area contributed by atoms with Gasteiger partial charge in [0.25, 0.3) is 5.91 Å². The van der Waals surface area contributed by atoms with Gasteiger partial charge in [0.15, 0.2) is 0 Å². The van der Waals surface area contributed by atoms with Gasteiger partial charge in [0.05, 0.1) is 5.56 Å². The first-order valence-electron chi connectivity index (χ1n) is 5.91. The van der Waals surface area contributed by atoms with Gasteiger partial charge in [-0.2, -0.15) is 5.10 Å². The molecule has 1 aromatic carbocycles. The summed E-state index contributed by atoms with van der Waals surface area (Å²) in [6.07, 6.45) is 4.29. The Morgan fingerprint density at radius 2 is 2.32 bits per heavy atom. The van der Waals surface area contributed by atoms with E-state index in [4.69, 9.17) is 0 Å². The number of carbonyl (C=O) groups excluding carboxylic acids is 1. The highest BCUT2D eigenvalue weighted by atomic mass is 32.1. The molecule has 1 heterocycles. The minimum Gasteiger partial charge on any atom is -0.352 e. The number of nitrogens with zero attached hydrogens (tertiary/aromatic N) is 2. The van der Waals surface area contributed by atoms with Crippen molar-refractivity contribution in [3.8, 4) is 0 Å². The van der Waals surface area contributed by atoms with Gasteiger partial charge in [-0.3, -0.25) is 9.48 Å². The number of halogens is 1. The van der Waals surface area contributed by atoms with Crippen LogP contribution in [0, 0.1) is 5.82 Å². The van der Waals surface area contributed by atoms with Gasteiger partial charge in [-0.15, -0.1) is 12.6 Å². The van der Waals surface area contributed by atoms with E-state index in [9.17, 15) is 9.18 Å². The zero-order valence-electron chi connectivity index (χ0n) is 10.2. The van der Waals surface area contributed by atoms with Crippen molar-refractivity contribution in [3.05, 3.63) is 48.0 Å². The average molecular weight is 279 g/mol. The maximum Gasteiger partial charge on any atom is 0.254 e. The normalized spacial score (nSPS) is 10.4. The molecular weight excluding hydrogens is 265 g/mol. The molecule has 0 radical (unpaired) electrons. The molecule has 0 saturated heterocycles. The lowest BCUT2D eigenvalue weighted by atomic mass is 10.2. The molecule has 0 spiro atoms. The van der Waals surface area contributed by atoms with Crippen LogP contribution in [-0.4, -0.2) is 22.2 Å². The molecule has 0 bridgehead atoms. The molecule has 0 unspecified atom stereocenters. The van der Waals surface area contributed by atoms with E-state index in [1.807, 2.05) is 12.3 Å². The number of hydrogen-bond acceptors (Lipinski definition) is 3. The third kappa shape index (κ3) is 3.82. The molecule has 6 heteroatoms. The lowest BCUT2D eigenvalue weighted by molar-refractivity contribution is 0.0948. The number of hydrogen-bond donors (Lipinski definition) is 2. The van der Waals surface area contributed by atoms with Crippen molar-refractivity contribution in [2.45, 2.75) is 17.9 Å². The molecule has 0 fully saturated rings. The van der Waals surface area contributed by atoms with Crippen molar-refractivity contribution in [2.24, 2.45) is 0 Å². The highest BCUT2D eigenvalue weighted by Gasteiger charge is 2.11. The van der Waals surface area contributed by atoms with Crippen LogP contribution in [0.5, 0.6) is 0 Å². The van der Waals surface area contributed by atoms with E-state index in [1.54, 1.807) is 10.9 Å². The lowest BCUT2D eigenvalue weighted by Gasteiger charge is -2.07. The minimum atomic E-state index is -0.539. The summed E-state index contributed by atoms with van der Waals surface area (Å²) in [7, 11) is 0. The molecule has 1 aromatic heterocycles. The molecule has 0 atom stereocenters. The molecular formula is C13H14FN3OS. The van der Waals surface area contributed by atoms with Crippen LogP contribution >= 0.6 is 12.6 Å². The summed E-state index contributed by atoms with van der Waals surface area (Å²) in [6.45, 7) is 1.18. The minimum absolute atomic E-state index is 0.0200. The first-order chi connectivity index (χ1) is 9.16. The first kappa shape index (κ1) is 13.6. The van der Waals surface area contributed by atoms with Crippen molar-refractivity contribution in [1.82, 2.24) is 15.1 Å². The SMILES string of the molecule is O=C(NCCCn1cccn1)c1cc(S)ccc1F. The molecule has 0 aliphatic carbocycles. The van der Waals surface area contributed by atoms with E-state index < -0.39 is 11.7 Å². The zero-order chi connectivity index (χ0) is 13.7. The summed E-state index contributed by atoms with van der Waals surface area (Å²) in [6, 6.07) is 6.00. The third-order valence-corrected chi connectivity index (χ3v) is 2.88. The van der Waals surface area contributed by atoms with Gasteiger partial charge in [-0.1, -0.05) is 0 Å². The maximum atomic E-state index is 13.4. The second kappa shape index (κ2) is 6.38. The Kier molecular flexibility index (Phi) is 4.57. The van der Waals surface area contributed by atoms with Gasteiger partial charge in [-0.05, 0) is 30.7 Å². The van der Waals surface area contributed by atoms with Crippen LogP contribution in [0.1, 0.15) is 16.8 Å². The molecule has 0 aliphatic heterocycles. The fourth-order valence-corrected chi connectivity index (χ4v) is 1.86. The quantitative estimate of drug-likeness (QED) is 0.650. The van der Waals surface area contributed by atoms with Crippen LogP contribution in [0.15, 0.2) is 41.6 Å². The van der Waals surface area contributed by atoms with Gasteiger partial charge in [0.2, 0.25) is 0 Å². The summed E-state index contributed by atoms with van der Waals surface area (Å²) in [5.74, 6) is -0.962. The standard InChI is InChI=1S/C13H14FN3OS/c14-12-4-3-10(19)9-11(12)13(18)15-5-1-7-17-8-2-6-16-17/h2-4,6,8-9,19H,1,5,7H2,(H,15,18). The van der Waals surface area contributed by atoms with E-state index in [-0.39, 0.29) is 5.56 Å². The van der Waals surface area contributed by atoms with Crippen LogP contribution < -0.4 is 5.32 Å². The van der Waals surface area contributed by atoms with Crippen LogP contribution in [0.2, 0.25) is 0 Å². The summed E-state index contributed by atoms with van der Waals surface area (Å²) in [4.78, 5) is 12.3. The first-order valence-corrected chi connectivity index (χ1v) is 6.35. The van der Waals surface area contributed by atoms with Crippen molar-refractivity contribution in [3.63, 3.8) is 0 Å². The fraction of sp³-hybridized carbons (Fsp3) is 0.231. The summed E-state index contributed by atoms with van der Waals surface area (Å²) in [5, 5.41) is 6.73. The molecule has 0 saturated carbocycles. The second-order valence-electron chi connectivity index (χ2n) is 4.04. The molecule has 100 valence electrons. The smallest absolute Gasteiger partial charge is 0.254 e. The molecule has 2 aromatic rings. The number of aryl methyl sites for hydroxylation is 1. The zero-order valence-corrected chi connectivity index (χ0v) is 11.1. The Bertz CT molecular complexity index is 557. The van der Waals surface area contributed by atoms with E-state index >= 15 is 0 Å². The van der Waals surface area contributed by atoms with Crippen molar-refractivity contribution in [2.75, 3.05) is 6.54 Å². The molecule has 19 heavy (non-hydrogen) atoms. The Hall–Kier alpha value is -1.82. The van der Waals surface area contributed by atoms with Gasteiger partial charge in [0.1, 0.15) is 5.82 Å². The summed E-state index contributed by atoms with van der Waals surface area (Å²) >= 11 is 4.09. The van der Waals surface area contributed by atoms with Crippen LogP contribution in [0.3, 0.4) is 0 Å². The number of nitrogens with one attached hydrogen (secondary N) is 1. The molecule has 1 N–H and O–H groups in total. The third-order valence-electron chi connectivity index (χ3n) is 2.60. The summed E-state index contributed by atoms with van der Waals surface area (Å²) < 4.78 is 15.2. The number of carbonyl (C=O) groups is 1. The number of aromatic nitrogens is 2. The Labute approximate surface area is 116 Å².